The number of ether oxygens (including phenoxy) is 1. The van der Waals surface area contributed by atoms with Crippen LogP contribution >= 0.6 is 0 Å². The molecule has 2 aromatic rings. The highest BCUT2D eigenvalue weighted by Gasteiger charge is 2.03. The van der Waals surface area contributed by atoms with Gasteiger partial charge in [0.25, 0.3) is 0 Å². The molecule has 0 amide bonds. The molecule has 0 fully saturated rings. The van der Waals surface area contributed by atoms with E-state index in [0.717, 1.165) is 11.1 Å². The van der Waals surface area contributed by atoms with Crippen LogP contribution < -0.4 is 5.73 Å². The Morgan fingerprint density at radius 3 is 2.60 bits per heavy atom. The second kappa shape index (κ2) is 8.90. The molecule has 2 aromatic carbocycles. The Balaban J connectivity index is 2.24. The number of carbonyl (C=O) groups is 1. The molecule has 0 bridgehead atoms. The number of benzene rings is 2. The number of methoxy groups -OCH3 is 1. The summed E-state index contributed by atoms with van der Waals surface area (Å²) in [7, 11) is 1.33. The predicted octanol–water partition coefficient (Wildman–Crippen LogP) is 3.97. The zero-order chi connectivity index (χ0) is 18.1. The molecular formula is C21H18N2O2. The standard InChI is InChI=1S/C21H18N2O2/c1-25-21(24)14-19(18-8-4-6-17(13-18)15-22)7-3-2-5-16-9-11-20(23)12-10-16/h2-14H,23H2,1H3/b5-2+,7-3+,19-14+. The second-order valence-electron chi connectivity index (χ2n) is 5.20. The minimum atomic E-state index is -0.454. The molecule has 0 aromatic heterocycles. The summed E-state index contributed by atoms with van der Waals surface area (Å²) in [4.78, 5) is 11.6. The van der Waals surface area contributed by atoms with Crippen molar-refractivity contribution >= 4 is 23.3 Å². The molecule has 0 spiro atoms. The third-order valence-electron chi connectivity index (χ3n) is 3.41. The maximum Gasteiger partial charge on any atom is 0.331 e. The topological polar surface area (TPSA) is 76.1 Å². The number of rotatable bonds is 5. The van der Waals surface area contributed by atoms with E-state index >= 15 is 0 Å². The van der Waals surface area contributed by atoms with Crippen molar-refractivity contribution in [2.45, 2.75) is 0 Å². The third kappa shape index (κ3) is 5.52. The third-order valence-corrected chi connectivity index (χ3v) is 3.41. The van der Waals surface area contributed by atoms with Gasteiger partial charge >= 0.3 is 5.97 Å². The lowest BCUT2D eigenvalue weighted by molar-refractivity contribution is -0.134. The van der Waals surface area contributed by atoms with Crippen molar-refractivity contribution in [1.29, 1.82) is 5.26 Å². The van der Waals surface area contributed by atoms with Crippen LogP contribution in [0.4, 0.5) is 5.69 Å². The lowest BCUT2D eigenvalue weighted by atomic mass is 10.0. The summed E-state index contributed by atoms with van der Waals surface area (Å²) < 4.78 is 4.70. The largest absolute Gasteiger partial charge is 0.466 e. The Bertz CT molecular complexity index is 870. The number of nitriles is 1. The van der Waals surface area contributed by atoms with E-state index in [1.807, 2.05) is 48.6 Å². The molecule has 2 rings (SSSR count). The number of carbonyl (C=O) groups excluding carboxylic acids is 1. The highest BCUT2D eigenvalue weighted by Crippen LogP contribution is 2.18. The maximum atomic E-state index is 11.6. The first-order valence-corrected chi connectivity index (χ1v) is 7.63. The molecule has 0 saturated heterocycles. The molecule has 2 N–H and O–H groups in total. The summed E-state index contributed by atoms with van der Waals surface area (Å²) >= 11 is 0. The fraction of sp³-hybridized carbons (Fsp3) is 0.0476. The molecule has 0 heterocycles. The van der Waals surface area contributed by atoms with Crippen LogP contribution in [0, 0.1) is 11.3 Å². The van der Waals surface area contributed by atoms with Crippen LogP contribution in [-0.4, -0.2) is 13.1 Å². The molecule has 0 aliphatic heterocycles. The van der Waals surface area contributed by atoms with Crippen LogP contribution in [-0.2, 0) is 9.53 Å². The van der Waals surface area contributed by atoms with Crippen molar-refractivity contribution < 1.29 is 9.53 Å². The van der Waals surface area contributed by atoms with Crippen molar-refractivity contribution in [2.24, 2.45) is 0 Å². The zero-order valence-corrected chi connectivity index (χ0v) is 13.8. The normalized spacial score (nSPS) is 11.6. The van der Waals surface area contributed by atoms with E-state index in [1.54, 1.807) is 24.3 Å². The van der Waals surface area contributed by atoms with Gasteiger partial charge in [-0.1, -0.05) is 48.6 Å². The molecule has 0 radical (unpaired) electrons. The van der Waals surface area contributed by atoms with Gasteiger partial charge in [-0.2, -0.15) is 5.26 Å². The fourth-order valence-corrected chi connectivity index (χ4v) is 2.11. The van der Waals surface area contributed by atoms with Gasteiger partial charge < -0.3 is 10.5 Å². The molecule has 0 atom stereocenters. The van der Waals surface area contributed by atoms with E-state index in [4.69, 9.17) is 15.7 Å². The van der Waals surface area contributed by atoms with Crippen molar-refractivity contribution in [1.82, 2.24) is 0 Å². The van der Waals surface area contributed by atoms with E-state index in [-0.39, 0.29) is 0 Å². The Morgan fingerprint density at radius 1 is 1.16 bits per heavy atom. The number of esters is 1. The fourth-order valence-electron chi connectivity index (χ4n) is 2.11. The van der Waals surface area contributed by atoms with Crippen LogP contribution in [0.3, 0.4) is 0 Å². The molecular weight excluding hydrogens is 312 g/mol. The van der Waals surface area contributed by atoms with Crippen molar-refractivity contribution in [3.8, 4) is 6.07 Å². The first kappa shape index (κ1) is 17.8. The number of nitrogen functional groups attached to an aromatic ring is 1. The van der Waals surface area contributed by atoms with Crippen LogP contribution in [0.25, 0.3) is 11.6 Å². The van der Waals surface area contributed by atoms with E-state index in [0.29, 0.717) is 16.8 Å². The zero-order valence-electron chi connectivity index (χ0n) is 13.8. The number of allylic oxidation sites excluding steroid dienone is 4. The molecule has 0 aliphatic rings. The second-order valence-corrected chi connectivity index (χ2v) is 5.20. The predicted molar refractivity (Wildman–Crippen MR) is 100 cm³/mol. The SMILES string of the molecule is COC(=O)\C=C(/C=C/C=C/c1ccc(N)cc1)c1cccc(C#N)c1. The maximum absolute atomic E-state index is 11.6. The van der Waals surface area contributed by atoms with Gasteiger partial charge in [-0.3, -0.25) is 0 Å². The monoisotopic (exact) mass is 330 g/mol. The first-order chi connectivity index (χ1) is 12.1. The molecule has 0 unspecified atom stereocenters. The van der Waals surface area contributed by atoms with Gasteiger partial charge in [0.05, 0.1) is 18.7 Å². The molecule has 4 nitrogen and oxygen atoms in total. The van der Waals surface area contributed by atoms with Crippen molar-refractivity contribution in [3.63, 3.8) is 0 Å². The highest BCUT2D eigenvalue weighted by atomic mass is 16.5. The number of anilines is 1. The Morgan fingerprint density at radius 2 is 1.92 bits per heavy atom. The average Bonchev–Trinajstić information content (AvgIpc) is 2.65. The van der Waals surface area contributed by atoms with E-state index in [1.165, 1.54) is 13.2 Å². The van der Waals surface area contributed by atoms with Crippen LogP contribution in [0.5, 0.6) is 0 Å². The van der Waals surface area contributed by atoms with Gasteiger partial charge in [0.15, 0.2) is 0 Å². The molecule has 4 heteroatoms. The number of nitrogens with two attached hydrogens (primary N) is 1. The Kier molecular flexibility index (Phi) is 6.32. The summed E-state index contributed by atoms with van der Waals surface area (Å²) in [6, 6.07) is 16.6. The highest BCUT2D eigenvalue weighted by molar-refractivity contribution is 5.94. The lowest BCUT2D eigenvalue weighted by Crippen LogP contribution is -1.96. The summed E-state index contributed by atoms with van der Waals surface area (Å²) in [5, 5.41) is 9.03. The van der Waals surface area contributed by atoms with E-state index in [9.17, 15) is 4.79 Å². The molecule has 0 saturated carbocycles. The van der Waals surface area contributed by atoms with Gasteiger partial charge in [0, 0.05) is 11.8 Å². The Hall–Kier alpha value is -3.58. The number of nitrogens with zero attached hydrogens (tertiary/aromatic N) is 1. The smallest absolute Gasteiger partial charge is 0.331 e. The van der Waals surface area contributed by atoms with Gasteiger partial charge in [0.2, 0.25) is 0 Å². The molecule has 124 valence electrons. The van der Waals surface area contributed by atoms with E-state index in [2.05, 4.69) is 6.07 Å². The quantitative estimate of drug-likeness (QED) is 0.389. The first-order valence-electron chi connectivity index (χ1n) is 7.63. The summed E-state index contributed by atoms with van der Waals surface area (Å²) in [5.74, 6) is -0.454. The number of hydrogen-bond donors (Lipinski definition) is 1. The van der Waals surface area contributed by atoms with Gasteiger partial charge in [0.1, 0.15) is 0 Å². The van der Waals surface area contributed by atoms with Gasteiger partial charge in [-0.05, 0) is 41.0 Å². The molecule has 25 heavy (non-hydrogen) atoms. The van der Waals surface area contributed by atoms with Gasteiger partial charge in [-0.15, -0.1) is 0 Å². The molecule has 0 aliphatic carbocycles. The minimum Gasteiger partial charge on any atom is -0.466 e. The van der Waals surface area contributed by atoms with Crippen molar-refractivity contribution in [3.05, 3.63) is 89.5 Å². The summed E-state index contributed by atoms with van der Waals surface area (Å²) in [5.41, 5.74) is 9.34. The van der Waals surface area contributed by atoms with Crippen molar-refractivity contribution in [2.75, 3.05) is 12.8 Å². The van der Waals surface area contributed by atoms with Crippen LogP contribution in [0.2, 0.25) is 0 Å². The van der Waals surface area contributed by atoms with E-state index < -0.39 is 5.97 Å². The lowest BCUT2D eigenvalue weighted by Gasteiger charge is -2.03. The van der Waals surface area contributed by atoms with Crippen LogP contribution in [0.1, 0.15) is 16.7 Å². The average molecular weight is 330 g/mol. The van der Waals surface area contributed by atoms with Gasteiger partial charge in [-0.25, -0.2) is 4.79 Å². The summed E-state index contributed by atoms with van der Waals surface area (Å²) in [6.07, 6.45) is 8.80. The minimum absolute atomic E-state index is 0.454. The van der Waals surface area contributed by atoms with Crippen LogP contribution in [0.15, 0.2) is 72.8 Å². The number of hydrogen-bond acceptors (Lipinski definition) is 4. The summed E-state index contributed by atoms with van der Waals surface area (Å²) in [6.45, 7) is 0. The Labute approximate surface area is 147 Å².